The van der Waals surface area contributed by atoms with E-state index >= 15 is 0 Å². The van der Waals surface area contributed by atoms with E-state index in [1.54, 1.807) is 17.3 Å². The van der Waals surface area contributed by atoms with Crippen LogP contribution in [0.5, 0.6) is 0 Å². The van der Waals surface area contributed by atoms with Crippen molar-refractivity contribution in [3.8, 4) is 0 Å². The molecule has 2 aromatic rings. The van der Waals surface area contributed by atoms with Gasteiger partial charge in [-0.25, -0.2) is 5.10 Å². The third-order valence-corrected chi connectivity index (χ3v) is 3.71. The zero-order valence-corrected chi connectivity index (χ0v) is 12.1. The van der Waals surface area contributed by atoms with Crippen LogP contribution in [0.4, 0.5) is 0 Å². The maximum Gasteiger partial charge on any atom is 0.274 e. The van der Waals surface area contributed by atoms with E-state index in [-0.39, 0.29) is 17.2 Å². The summed E-state index contributed by atoms with van der Waals surface area (Å²) >= 11 is 0. The number of aromatic amines is 1. The van der Waals surface area contributed by atoms with Gasteiger partial charge < -0.3 is 4.90 Å². The molecule has 0 unspecified atom stereocenters. The largest absolute Gasteiger partial charge is 0.335 e. The number of amides is 1. The normalized spacial score (nSPS) is 15.7. The summed E-state index contributed by atoms with van der Waals surface area (Å²) in [4.78, 5) is 31.4. The third kappa shape index (κ3) is 3.37. The molecule has 0 bridgehead atoms. The second-order valence-electron chi connectivity index (χ2n) is 5.23. The predicted octanol–water partition coefficient (Wildman–Crippen LogP) is 0.123. The van der Waals surface area contributed by atoms with Crippen LogP contribution in [0.25, 0.3) is 0 Å². The van der Waals surface area contributed by atoms with Gasteiger partial charge in [0.15, 0.2) is 0 Å². The number of carbonyl (C=O) groups excluding carboxylic acids is 1. The quantitative estimate of drug-likeness (QED) is 0.870. The Hall–Kier alpha value is -2.54. The van der Waals surface area contributed by atoms with Crippen LogP contribution in [0.3, 0.4) is 0 Å². The Morgan fingerprint density at radius 2 is 1.82 bits per heavy atom. The van der Waals surface area contributed by atoms with Gasteiger partial charge in [0, 0.05) is 51.2 Å². The molecule has 0 aliphatic carbocycles. The lowest BCUT2D eigenvalue weighted by Crippen LogP contribution is -2.48. The molecule has 1 aliphatic rings. The summed E-state index contributed by atoms with van der Waals surface area (Å²) in [6, 6.07) is 6.79. The molecule has 1 N–H and O–H groups in total. The van der Waals surface area contributed by atoms with Crippen molar-refractivity contribution in [1.29, 1.82) is 0 Å². The van der Waals surface area contributed by atoms with Crippen LogP contribution in [0.1, 0.15) is 16.1 Å². The fourth-order valence-corrected chi connectivity index (χ4v) is 2.48. The number of H-pyrrole nitrogens is 1. The fraction of sp³-hybridized carbons (Fsp3) is 0.333. The number of pyridine rings is 1. The van der Waals surface area contributed by atoms with Crippen molar-refractivity contribution in [2.24, 2.45) is 0 Å². The molecule has 1 amide bonds. The minimum Gasteiger partial charge on any atom is -0.335 e. The molecule has 3 rings (SSSR count). The number of aromatic nitrogens is 3. The number of piperazine rings is 1. The molecule has 0 radical (unpaired) electrons. The van der Waals surface area contributed by atoms with E-state index in [1.807, 2.05) is 12.1 Å². The number of rotatable bonds is 3. The molecule has 0 saturated carbocycles. The van der Waals surface area contributed by atoms with Gasteiger partial charge in [-0.3, -0.25) is 19.5 Å². The van der Waals surface area contributed by atoms with Gasteiger partial charge in [-0.15, -0.1) is 0 Å². The van der Waals surface area contributed by atoms with E-state index in [4.69, 9.17) is 0 Å². The van der Waals surface area contributed by atoms with Crippen molar-refractivity contribution in [3.05, 3.63) is 58.3 Å². The molecule has 7 heteroatoms. The molecule has 0 spiro atoms. The van der Waals surface area contributed by atoms with Crippen molar-refractivity contribution >= 4 is 5.91 Å². The molecule has 0 atom stereocenters. The van der Waals surface area contributed by atoms with Gasteiger partial charge in [-0.1, -0.05) is 0 Å². The van der Waals surface area contributed by atoms with Crippen LogP contribution in [0, 0.1) is 0 Å². The van der Waals surface area contributed by atoms with Crippen molar-refractivity contribution in [2.75, 3.05) is 26.2 Å². The van der Waals surface area contributed by atoms with E-state index in [0.717, 1.165) is 19.6 Å². The molecule has 114 valence electrons. The number of carbonyl (C=O) groups is 1. The molecule has 1 aliphatic heterocycles. The summed E-state index contributed by atoms with van der Waals surface area (Å²) in [7, 11) is 0. The Balaban J connectivity index is 1.56. The Kier molecular flexibility index (Phi) is 4.24. The van der Waals surface area contributed by atoms with Crippen LogP contribution in [0.15, 0.2) is 41.5 Å². The number of hydrogen-bond donors (Lipinski definition) is 1. The Labute approximate surface area is 127 Å². The summed E-state index contributed by atoms with van der Waals surface area (Å²) < 4.78 is 0. The van der Waals surface area contributed by atoms with E-state index < -0.39 is 0 Å². The van der Waals surface area contributed by atoms with Crippen LogP contribution in [-0.2, 0) is 6.54 Å². The minimum absolute atomic E-state index is 0.139. The average molecular weight is 299 g/mol. The molecule has 0 aromatic carbocycles. The van der Waals surface area contributed by atoms with Crippen molar-refractivity contribution in [1.82, 2.24) is 25.0 Å². The van der Waals surface area contributed by atoms with Crippen molar-refractivity contribution in [2.45, 2.75) is 6.54 Å². The van der Waals surface area contributed by atoms with Crippen LogP contribution < -0.4 is 5.56 Å². The zero-order chi connectivity index (χ0) is 15.4. The van der Waals surface area contributed by atoms with Gasteiger partial charge in [0.05, 0.1) is 0 Å². The minimum atomic E-state index is -0.307. The predicted molar refractivity (Wildman–Crippen MR) is 80.3 cm³/mol. The van der Waals surface area contributed by atoms with Gasteiger partial charge in [0.25, 0.3) is 11.5 Å². The third-order valence-electron chi connectivity index (χ3n) is 3.71. The van der Waals surface area contributed by atoms with E-state index in [2.05, 4.69) is 20.1 Å². The lowest BCUT2D eigenvalue weighted by Gasteiger charge is -2.34. The lowest BCUT2D eigenvalue weighted by molar-refractivity contribution is 0.0621. The van der Waals surface area contributed by atoms with Crippen LogP contribution in [-0.4, -0.2) is 57.1 Å². The highest BCUT2D eigenvalue weighted by Gasteiger charge is 2.23. The summed E-state index contributed by atoms with van der Waals surface area (Å²) in [5, 5.41) is 6.08. The molecule has 1 saturated heterocycles. The first-order valence-corrected chi connectivity index (χ1v) is 7.18. The highest BCUT2D eigenvalue weighted by Crippen LogP contribution is 2.09. The molecular weight excluding hydrogens is 282 g/mol. The van der Waals surface area contributed by atoms with E-state index in [0.29, 0.717) is 13.1 Å². The molecule has 7 nitrogen and oxygen atoms in total. The topological polar surface area (TPSA) is 82.2 Å². The number of nitrogens with zero attached hydrogens (tertiary/aromatic N) is 4. The van der Waals surface area contributed by atoms with Crippen LogP contribution >= 0.6 is 0 Å². The first-order valence-electron chi connectivity index (χ1n) is 7.18. The molecule has 2 aromatic heterocycles. The molecule has 3 heterocycles. The maximum atomic E-state index is 12.3. The van der Waals surface area contributed by atoms with Crippen LogP contribution in [0.2, 0.25) is 0 Å². The lowest BCUT2D eigenvalue weighted by atomic mass is 10.2. The van der Waals surface area contributed by atoms with E-state index in [9.17, 15) is 9.59 Å². The summed E-state index contributed by atoms with van der Waals surface area (Å²) in [6.45, 7) is 3.81. The standard InChI is InChI=1S/C15H17N5O2/c21-14-2-1-13(17-18-14)15(22)20-9-7-19(8-10-20)11-12-3-5-16-6-4-12/h1-6H,7-11H2,(H,18,21). The smallest absolute Gasteiger partial charge is 0.274 e. The second-order valence-corrected chi connectivity index (χ2v) is 5.23. The second kappa shape index (κ2) is 6.48. The summed E-state index contributed by atoms with van der Waals surface area (Å²) in [5.41, 5.74) is 1.19. The Morgan fingerprint density at radius 1 is 1.09 bits per heavy atom. The maximum absolute atomic E-state index is 12.3. The summed E-state index contributed by atoms with van der Waals surface area (Å²) in [6.07, 6.45) is 3.58. The Morgan fingerprint density at radius 3 is 2.45 bits per heavy atom. The first kappa shape index (κ1) is 14.4. The number of nitrogens with one attached hydrogen (secondary N) is 1. The highest BCUT2D eigenvalue weighted by atomic mass is 16.2. The highest BCUT2D eigenvalue weighted by molar-refractivity contribution is 5.92. The molecular formula is C15H17N5O2. The molecule has 22 heavy (non-hydrogen) atoms. The van der Waals surface area contributed by atoms with Crippen molar-refractivity contribution in [3.63, 3.8) is 0 Å². The number of hydrogen-bond acceptors (Lipinski definition) is 5. The van der Waals surface area contributed by atoms with Crippen molar-refractivity contribution < 1.29 is 4.79 Å². The molecule has 1 fully saturated rings. The van der Waals surface area contributed by atoms with E-state index in [1.165, 1.54) is 17.7 Å². The van der Waals surface area contributed by atoms with Gasteiger partial charge in [0.2, 0.25) is 0 Å². The van der Waals surface area contributed by atoms with Gasteiger partial charge in [-0.2, -0.15) is 5.10 Å². The monoisotopic (exact) mass is 299 g/mol. The first-order chi connectivity index (χ1) is 10.7. The average Bonchev–Trinajstić information content (AvgIpc) is 2.57. The SMILES string of the molecule is O=C(c1ccc(=O)[nH]n1)N1CCN(Cc2ccncc2)CC1. The van der Waals surface area contributed by atoms with Gasteiger partial charge in [-0.05, 0) is 23.8 Å². The zero-order valence-electron chi connectivity index (χ0n) is 12.1. The summed E-state index contributed by atoms with van der Waals surface area (Å²) in [5.74, 6) is -0.139. The van der Waals surface area contributed by atoms with Gasteiger partial charge in [0.1, 0.15) is 5.69 Å². The van der Waals surface area contributed by atoms with Gasteiger partial charge >= 0.3 is 0 Å². The Bertz CT molecular complexity index is 672. The fourth-order valence-electron chi connectivity index (χ4n) is 2.48.